The number of carbonyl (C=O) groups excluding carboxylic acids is 1. The number of likely N-dealkylation sites (N-methyl/N-ethyl adjacent to an activating group) is 1. The van der Waals surface area contributed by atoms with E-state index in [9.17, 15) is 4.79 Å². The molecule has 0 radical (unpaired) electrons. The van der Waals surface area contributed by atoms with Gasteiger partial charge in [-0.05, 0) is 38.3 Å². The summed E-state index contributed by atoms with van der Waals surface area (Å²) in [7, 11) is 3.22. The monoisotopic (exact) mass is 336 g/mol. The van der Waals surface area contributed by atoms with Crippen molar-refractivity contribution in [2.45, 2.75) is 38.8 Å². The smallest absolute Gasteiger partial charge is 0.317 e. The number of benzene rings is 1. The number of rotatable bonds is 7. The molecular weight excluding hydrogens is 308 g/mol. The highest BCUT2D eigenvalue weighted by Gasteiger charge is 2.21. The molecule has 1 aromatic rings. The number of hydrogen-bond acceptors (Lipinski definition) is 4. The van der Waals surface area contributed by atoms with Gasteiger partial charge in [0, 0.05) is 19.7 Å². The molecule has 0 bridgehead atoms. The van der Waals surface area contributed by atoms with Gasteiger partial charge < -0.3 is 24.4 Å². The van der Waals surface area contributed by atoms with Crippen LogP contribution in [0.2, 0.25) is 0 Å². The summed E-state index contributed by atoms with van der Waals surface area (Å²) in [4.78, 5) is 14.3. The number of amides is 2. The number of nitrogens with one attached hydrogen (secondary N) is 1. The lowest BCUT2D eigenvalue weighted by atomic mass is 10.1. The topological polar surface area (TPSA) is 60.0 Å². The van der Waals surface area contributed by atoms with Gasteiger partial charge in [-0.15, -0.1) is 0 Å². The van der Waals surface area contributed by atoms with E-state index in [1.165, 1.54) is 6.42 Å². The molecule has 1 heterocycles. The van der Waals surface area contributed by atoms with Gasteiger partial charge in [0.1, 0.15) is 11.5 Å². The van der Waals surface area contributed by atoms with Crippen molar-refractivity contribution in [3.05, 3.63) is 23.8 Å². The van der Waals surface area contributed by atoms with Gasteiger partial charge in [-0.3, -0.25) is 0 Å². The number of urea groups is 1. The first-order valence-corrected chi connectivity index (χ1v) is 8.53. The maximum Gasteiger partial charge on any atom is 0.317 e. The fourth-order valence-electron chi connectivity index (χ4n) is 2.93. The fourth-order valence-corrected chi connectivity index (χ4v) is 2.93. The third-order valence-corrected chi connectivity index (χ3v) is 4.31. The highest BCUT2D eigenvalue weighted by Crippen LogP contribution is 2.27. The Labute approximate surface area is 144 Å². The van der Waals surface area contributed by atoms with E-state index in [1.807, 2.05) is 25.1 Å². The minimum atomic E-state index is -0.0976. The molecular formula is C18H28N2O4. The van der Waals surface area contributed by atoms with Crippen LogP contribution in [0.1, 0.15) is 31.7 Å². The fraction of sp³-hybridized carbons (Fsp3) is 0.611. The van der Waals surface area contributed by atoms with Crippen LogP contribution >= 0.6 is 0 Å². The molecule has 2 amide bonds. The van der Waals surface area contributed by atoms with E-state index in [2.05, 4.69) is 5.32 Å². The summed E-state index contributed by atoms with van der Waals surface area (Å²) in [6, 6.07) is 5.48. The summed E-state index contributed by atoms with van der Waals surface area (Å²) in [5.74, 6) is 1.40. The Morgan fingerprint density at radius 1 is 1.29 bits per heavy atom. The van der Waals surface area contributed by atoms with Crippen molar-refractivity contribution in [3.63, 3.8) is 0 Å². The minimum Gasteiger partial charge on any atom is -0.496 e. The average molecular weight is 336 g/mol. The molecule has 134 valence electrons. The van der Waals surface area contributed by atoms with Crippen LogP contribution in [0.25, 0.3) is 0 Å². The van der Waals surface area contributed by atoms with Crippen LogP contribution in [0.5, 0.6) is 11.5 Å². The van der Waals surface area contributed by atoms with Gasteiger partial charge in [-0.2, -0.15) is 0 Å². The highest BCUT2D eigenvalue weighted by atomic mass is 16.5. The summed E-state index contributed by atoms with van der Waals surface area (Å²) in [5, 5.41) is 2.96. The summed E-state index contributed by atoms with van der Waals surface area (Å²) in [6.07, 6.45) is 3.44. The van der Waals surface area contributed by atoms with Gasteiger partial charge in [-0.25, -0.2) is 4.79 Å². The molecule has 1 atom stereocenters. The van der Waals surface area contributed by atoms with Gasteiger partial charge in [0.05, 0.1) is 32.4 Å². The second-order valence-electron chi connectivity index (χ2n) is 5.83. The largest absolute Gasteiger partial charge is 0.496 e. The first kappa shape index (κ1) is 18.4. The first-order chi connectivity index (χ1) is 11.7. The lowest BCUT2D eigenvalue weighted by Crippen LogP contribution is -2.44. The lowest BCUT2D eigenvalue weighted by Gasteiger charge is -2.29. The van der Waals surface area contributed by atoms with Crippen molar-refractivity contribution >= 4 is 6.03 Å². The Kier molecular flexibility index (Phi) is 7.18. The van der Waals surface area contributed by atoms with Gasteiger partial charge in [0.2, 0.25) is 0 Å². The number of methoxy groups -OCH3 is 2. The van der Waals surface area contributed by atoms with E-state index < -0.39 is 0 Å². The summed E-state index contributed by atoms with van der Waals surface area (Å²) >= 11 is 0. The summed E-state index contributed by atoms with van der Waals surface area (Å²) < 4.78 is 16.5. The molecule has 2 rings (SSSR count). The molecule has 1 aromatic carbocycles. The molecule has 1 unspecified atom stereocenters. The zero-order chi connectivity index (χ0) is 17.4. The molecule has 0 aromatic heterocycles. The number of nitrogens with zero attached hydrogens (tertiary/aromatic N) is 1. The van der Waals surface area contributed by atoms with Crippen molar-refractivity contribution < 1.29 is 19.0 Å². The molecule has 1 N–H and O–H groups in total. The number of hydrogen-bond donors (Lipinski definition) is 1. The molecule has 6 heteroatoms. The van der Waals surface area contributed by atoms with Gasteiger partial charge in [0.25, 0.3) is 0 Å². The normalized spacial score (nSPS) is 17.2. The Balaban J connectivity index is 1.95. The van der Waals surface area contributed by atoms with Crippen LogP contribution < -0.4 is 14.8 Å². The second kappa shape index (κ2) is 9.37. The van der Waals surface area contributed by atoms with Crippen LogP contribution in [-0.4, -0.2) is 51.0 Å². The Hall–Kier alpha value is -1.95. The summed E-state index contributed by atoms with van der Waals surface area (Å²) in [5.41, 5.74) is 0.834. The Morgan fingerprint density at radius 3 is 2.54 bits per heavy atom. The Morgan fingerprint density at radius 2 is 2.00 bits per heavy atom. The van der Waals surface area contributed by atoms with E-state index >= 15 is 0 Å². The minimum absolute atomic E-state index is 0.0976. The predicted molar refractivity (Wildman–Crippen MR) is 92.6 cm³/mol. The molecule has 1 saturated heterocycles. The quantitative estimate of drug-likeness (QED) is 0.832. The maximum atomic E-state index is 12.5. The molecule has 0 spiro atoms. The molecule has 1 aliphatic heterocycles. The molecule has 1 aliphatic rings. The van der Waals surface area contributed by atoms with Gasteiger partial charge in [0.15, 0.2) is 0 Å². The van der Waals surface area contributed by atoms with Crippen LogP contribution in [0, 0.1) is 0 Å². The molecule has 1 fully saturated rings. The Bertz CT molecular complexity index is 508. The van der Waals surface area contributed by atoms with Crippen molar-refractivity contribution in [2.75, 3.05) is 33.9 Å². The lowest BCUT2D eigenvalue weighted by molar-refractivity contribution is 0.00131. The average Bonchev–Trinajstić information content (AvgIpc) is 2.64. The van der Waals surface area contributed by atoms with Crippen LogP contribution in [0.3, 0.4) is 0 Å². The highest BCUT2D eigenvalue weighted by molar-refractivity contribution is 5.74. The van der Waals surface area contributed by atoms with E-state index in [0.29, 0.717) is 31.1 Å². The number of ether oxygens (including phenoxy) is 3. The third kappa shape index (κ3) is 4.77. The zero-order valence-electron chi connectivity index (χ0n) is 14.8. The summed E-state index contributed by atoms with van der Waals surface area (Å²) in [6.45, 7) is 4.41. The van der Waals surface area contributed by atoms with Gasteiger partial charge >= 0.3 is 6.03 Å². The van der Waals surface area contributed by atoms with Crippen LogP contribution in [0.15, 0.2) is 18.2 Å². The van der Waals surface area contributed by atoms with E-state index in [1.54, 1.807) is 19.1 Å². The second-order valence-corrected chi connectivity index (χ2v) is 5.83. The first-order valence-electron chi connectivity index (χ1n) is 8.53. The molecule has 0 aliphatic carbocycles. The standard InChI is InChI=1S/C18H28N2O4/c1-4-20(13-14-8-5-6-11-24-14)18(21)19-12-15-16(22-2)9-7-10-17(15)23-3/h7,9-10,14H,4-6,8,11-13H2,1-3H3,(H,19,21). The van der Waals surface area contributed by atoms with E-state index in [4.69, 9.17) is 14.2 Å². The SMILES string of the molecule is CCN(CC1CCCCO1)C(=O)NCc1c(OC)cccc1OC. The molecule has 6 nitrogen and oxygen atoms in total. The van der Waals surface area contributed by atoms with Crippen molar-refractivity contribution in [3.8, 4) is 11.5 Å². The van der Waals surface area contributed by atoms with Gasteiger partial charge in [-0.1, -0.05) is 6.07 Å². The maximum absolute atomic E-state index is 12.5. The van der Waals surface area contributed by atoms with Crippen LogP contribution in [0.4, 0.5) is 4.79 Å². The van der Waals surface area contributed by atoms with Crippen LogP contribution in [-0.2, 0) is 11.3 Å². The third-order valence-electron chi connectivity index (χ3n) is 4.31. The molecule has 0 saturated carbocycles. The zero-order valence-corrected chi connectivity index (χ0v) is 14.8. The molecule has 24 heavy (non-hydrogen) atoms. The van der Waals surface area contributed by atoms with Crippen molar-refractivity contribution in [1.82, 2.24) is 10.2 Å². The van der Waals surface area contributed by atoms with E-state index in [-0.39, 0.29) is 12.1 Å². The number of carbonyl (C=O) groups is 1. The van der Waals surface area contributed by atoms with E-state index in [0.717, 1.165) is 25.0 Å². The van der Waals surface area contributed by atoms with Crippen molar-refractivity contribution in [1.29, 1.82) is 0 Å². The van der Waals surface area contributed by atoms with Crippen molar-refractivity contribution in [2.24, 2.45) is 0 Å². The predicted octanol–water partition coefficient (Wildman–Crippen LogP) is 2.80.